The van der Waals surface area contributed by atoms with Crippen LogP contribution in [0.15, 0.2) is 134 Å². The van der Waals surface area contributed by atoms with E-state index >= 15 is 0 Å². The minimum Gasteiger partial charge on any atom is -0.480 e. The van der Waals surface area contributed by atoms with Crippen LogP contribution in [0.5, 0.6) is 5.75 Å². The van der Waals surface area contributed by atoms with E-state index in [0.717, 1.165) is 16.8 Å². The van der Waals surface area contributed by atoms with E-state index in [1.54, 1.807) is 36.5 Å². The molecule has 0 aliphatic rings. The van der Waals surface area contributed by atoms with Gasteiger partial charge in [-0.15, -0.1) is 0 Å². The lowest BCUT2D eigenvalue weighted by Crippen LogP contribution is -2.25. The lowest BCUT2D eigenvalue weighted by molar-refractivity contribution is 0.0944. The summed E-state index contributed by atoms with van der Waals surface area (Å²) in [5.41, 5.74) is 3.99. The number of benzene rings is 4. The Morgan fingerprint density at radius 2 is 1.27 bits per heavy atom. The highest BCUT2D eigenvalue weighted by molar-refractivity contribution is 6.02. The molecule has 4 aromatic carbocycles. The Morgan fingerprint density at radius 1 is 0.675 bits per heavy atom. The van der Waals surface area contributed by atoms with Crippen LogP contribution in [0.4, 0.5) is 16.2 Å². The number of urea groups is 1. The molecule has 5 rings (SSSR count). The van der Waals surface area contributed by atoms with Gasteiger partial charge in [0, 0.05) is 17.6 Å². The molecule has 1 heterocycles. The topological polar surface area (TPSA) is 92.4 Å². The molecule has 0 aliphatic carbocycles. The number of amides is 3. The van der Waals surface area contributed by atoms with Crippen molar-refractivity contribution in [1.82, 2.24) is 10.3 Å². The monoisotopic (exact) mass is 528 g/mol. The summed E-state index contributed by atoms with van der Waals surface area (Å²) in [6, 6.07) is 38.9. The van der Waals surface area contributed by atoms with Gasteiger partial charge in [0.15, 0.2) is 0 Å². The largest absolute Gasteiger partial charge is 0.480 e. The van der Waals surface area contributed by atoms with Crippen LogP contribution in [0.1, 0.15) is 33.3 Å². The summed E-state index contributed by atoms with van der Waals surface area (Å²) in [7, 11) is 0. The van der Waals surface area contributed by atoms with Crippen molar-refractivity contribution in [3.05, 3.63) is 156 Å². The Bertz CT molecular complexity index is 1510. The number of hydrogen-bond donors (Lipinski definition) is 3. The lowest BCUT2D eigenvalue weighted by atomic mass is 10.0. The molecule has 0 aliphatic heterocycles. The van der Waals surface area contributed by atoms with Gasteiger partial charge in [-0.25, -0.2) is 4.79 Å². The molecule has 0 fully saturated rings. The summed E-state index contributed by atoms with van der Waals surface area (Å²) in [5, 5.41) is 8.51. The minimum atomic E-state index is -0.454. The molecule has 0 bridgehead atoms. The van der Waals surface area contributed by atoms with E-state index in [9.17, 15) is 9.59 Å². The van der Waals surface area contributed by atoms with Crippen LogP contribution in [0.3, 0.4) is 0 Å². The van der Waals surface area contributed by atoms with Crippen LogP contribution in [0.2, 0.25) is 0 Å². The molecule has 40 heavy (non-hydrogen) atoms. The number of carbonyl (C=O) groups is 2. The maximum atomic E-state index is 13.5. The summed E-state index contributed by atoms with van der Waals surface area (Å²) >= 11 is 0. The Labute approximate surface area is 232 Å². The van der Waals surface area contributed by atoms with Crippen molar-refractivity contribution in [2.24, 2.45) is 0 Å². The molecule has 0 saturated carbocycles. The number of para-hydroxylation sites is 1. The predicted octanol–water partition coefficient (Wildman–Crippen LogP) is 6.82. The number of hydrogen-bond acceptors (Lipinski definition) is 4. The molecule has 7 heteroatoms. The molecule has 0 saturated heterocycles. The molecule has 3 amide bonds. The van der Waals surface area contributed by atoms with Gasteiger partial charge in [-0.05, 0) is 53.6 Å². The molecular weight excluding hydrogens is 500 g/mol. The molecule has 5 aromatic rings. The number of aromatic nitrogens is 1. The van der Waals surface area contributed by atoms with Crippen molar-refractivity contribution in [1.29, 1.82) is 0 Å². The molecule has 3 N–H and O–H groups in total. The van der Waals surface area contributed by atoms with Gasteiger partial charge < -0.3 is 20.7 Å². The summed E-state index contributed by atoms with van der Waals surface area (Å²) in [5.74, 6) is 0.0258. The Kier molecular flexibility index (Phi) is 8.44. The standard InChI is InChI=1S/C33H28N4O3/c38-32(35-23-28-18-10-11-21-34-28)29-22-27(37-33(39)36-26-16-8-3-9-17-26)19-20-30(29)40-31(24-12-4-1-5-13-24)25-14-6-2-7-15-25/h1-22,31H,23H2,(H,35,38)(H2,36,37,39). The second kappa shape index (κ2) is 12.9. The first-order valence-electron chi connectivity index (χ1n) is 12.9. The van der Waals surface area contributed by atoms with E-state index < -0.39 is 12.1 Å². The average Bonchev–Trinajstić information content (AvgIpc) is 3.01. The molecule has 0 unspecified atom stereocenters. The SMILES string of the molecule is O=C(Nc1ccccc1)Nc1ccc(OC(c2ccccc2)c2ccccc2)c(C(=O)NCc2ccccn2)c1. The Balaban J connectivity index is 1.44. The van der Waals surface area contributed by atoms with Crippen LogP contribution in [0.25, 0.3) is 0 Å². The first-order chi connectivity index (χ1) is 19.7. The lowest BCUT2D eigenvalue weighted by Gasteiger charge is -2.22. The highest BCUT2D eigenvalue weighted by atomic mass is 16.5. The number of ether oxygens (including phenoxy) is 1. The zero-order valence-electron chi connectivity index (χ0n) is 21.7. The van der Waals surface area contributed by atoms with E-state index in [2.05, 4.69) is 20.9 Å². The van der Waals surface area contributed by atoms with Crippen molar-refractivity contribution in [3.63, 3.8) is 0 Å². The fraction of sp³-hybridized carbons (Fsp3) is 0.0606. The highest BCUT2D eigenvalue weighted by Gasteiger charge is 2.21. The van der Waals surface area contributed by atoms with E-state index in [1.807, 2.05) is 97.1 Å². The highest BCUT2D eigenvalue weighted by Crippen LogP contribution is 2.32. The van der Waals surface area contributed by atoms with Crippen molar-refractivity contribution >= 4 is 23.3 Å². The van der Waals surface area contributed by atoms with E-state index in [1.165, 1.54) is 0 Å². The first-order valence-corrected chi connectivity index (χ1v) is 12.9. The molecule has 198 valence electrons. The van der Waals surface area contributed by atoms with Crippen LogP contribution in [-0.4, -0.2) is 16.9 Å². The zero-order chi connectivity index (χ0) is 27.6. The van der Waals surface area contributed by atoms with Crippen molar-refractivity contribution in [2.75, 3.05) is 10.6 Å². The number of anilines is 2. The van der Waals surface area contributed by atoms with Crippen molar-refractivity contribution < 1.29 is 14.3 Å². The summed E-state index contributed by atoms with van der Waals surface area (Å²) in [4.78, 5) is 30.4. The predicted molar refractivity (Wildman–Crippen MR) is 156 cm³/mol. The fourth-order valence-corrected chi connectivity index (χ4v) is 4.18. The third-order valence-corrected chi connectivity index (χ3v) is 6.12. The minimum absolute atomic E-state index is 0.242. The Morgan fingerprint density at radius 3 is 1.90 bits per heavy atom. The van der Waals surface area contributed by atoms with E-state index in [-0.39, 0.29) is 18.0 Å². The summed E-state index contributed by atoms with van der Waals surface area (Å²) < 4.78 is 6.54. The molecule has 7 nitrogen and oxygen atoms in total. The molecule has 0 spiro atoms. The van der Waals surface area contributed by atoms with Gasteiger partial charge in [0.05, 0.1) is 17.8 Å². The number of rotatable bonds is 9. The fourth-order valence-electron chi connectivity index (χ4n) is 4.18. The van der Waals surface area contributed by atoms with Gasteiger partial charge in [-0.1, -0.05) is 84.9 Å². The van der Waals surface area contributed by atoms with Crippen LogP contribution < -0.4 is 20.7 Å². The normalized spacial score (nSPS) is 10.5. The third-order valence-electron chi connectivity index (χ3n) is 6.12. The van der Waals surface area contributed by atoms with E-state index in [4.69, 9.17) is 4.74 Å². The maximum absolute atomic E-state index is 13.5. The van der Waals surface area contributed by atoms with Crippen LogP contribution in [0, 0.1) is 0 Å². The van der Waals surface area contributed by atoms with Crippen LogP contribution in [-0.2, 0) is 6.54 Å². The van der Waals surface area contributed by atoms with Gasteiger partial charge in [0.1, 0.15) is 11.9 Å². The van der Waals surface area contributed by atoms with Gasteiger partial charge in [-0.2, -0.15) is 0 Å². The second-order valence-electron chi connectivity index (χ2n) is 8.98. The molecule has 0 radical (unpaired) electrons. The quantitative estimate of drug-likeness (QED) is 0.196. The van der Waals surface area contributed by atoms with Gasteiger partial charge >= 0.3 is 6.03 Å². The smallest absolute Gasteiger partial charge is 0.323 e. The Hall–Kier alpha value is -5.43. The maximum Gasteiger partial charge on any atom is 0.323 e. The molecule has 0 atom stereocenters. The van der Waals surface area contributed by atoms with Crippen molar-refractivity contribution in [3.8, 4) is 5.75 Å². The van der Waals surface area contributed by atoms with Crippen LogP contribution >= 0.6 is 0 Å². The number of nitrogens with zero attached hydrogens (tertiary/aromatic N) is 1. The number of carbonyl (C=O) groups excluding carboxylic acids is 2. The molecule has 1 aromatic heterocycles. The first kappa shape index (κ1) is 26.2. The average molecular weight is 529 g/mol. The second-order valence-corrected chi connectivity index (χ2v) is 8.98. The number of pyridine rings is 1. The third kappa shape index (κ3) is 6.90. The van der Waals surface area contributed by atoms with E-state index in [0.29, 0.717) is 17.1 Å². The van der Waals surface area contributed by atoms with Gasteiger partial charge in [0.2, 0.25) is 0 Å². The molecular formula is C33H28N4O3. The summed E-state index contributed by atoms with van der Waals surface area (Å²) in [6.07, 6.45) is 1.22. The van der Waals surface area contributed by atoms with Crippen molar-refractivity contribution in [2.45, 2.75) is 12.6 Å². The van der Waals surface area contributed by atoms with Gasteiger partial charge in [0.25, 0.3) is 5.91 Å². The summed E-state index contributed by atoms with van der Waals surface area (Å²) in [6.45, 7) is 0.242. The zero-order valence-corrected chi connectivity index (χ0v) is 21.7. The van der Waals surface area contributed by atoms with Gasteiger partial charge in [-0.3, -0.25) is 9.78 Å². The number of nitrogens with one attached hydrogen (secondary N) is 3.